The van der Waals surface area contributed by atoms with E-state index in [4.69, 9.17) is 4.74 Å². The van der Waals surface area contributed by atoms with Crippen molar-refractivity contribution in [3.63, 3.8) is 0 Å². The summed E-state index contributed by atoms with van der Waals surface area (Å²) >= 11 is 0. The first-order chi connectivity index (χ1) is 13.1. The smallest absolute Gasteiger partial charge is 0.225 e. The Morgan fingerprint density at radius 1 is 1.30 bits per heavy atom. The van der Waals surface area contributed by atoms with Crippen molar-refractivity contribution in [1.29, 1.82) is 0 Å². The first kappa shape index (κ1) is 17.2. The lowest BCUT2D eigenvalue weighted by Gasteiger charge is -2.32. The third kappa shape index (κ3) is 3.53. The van der Waals surface area contributed by atoms with Gasteiger partial charge in [0.25, 0.3) is 0 Å². The molecule has 3 aromatic rings. The molecule has 1 amide bonds. The first-order valence-corrected chi connectivity index (χ1v) is 8.89. The van der Waals surface area contributed by atoms with E-state index in [0.717, 1.165) is 30.8 Å². The third-order valence-electron chi connectivity index (χ3n) is 4.71. The van der Waals surface area contributed by atoms with Gasteiger partial charge in [0.05, 0.1) is 19.0 Å². The molecular formula is C18H21N7O2. The number of hydrogen-bond acceptors (Lipinski definition) is 7. The monoisotopic (exact) mass is 367 g/mol. The van der Waals surface area contributed by atoms with Crippen LogP contribution in [0.3, 0.4) is 0 Å². The van der Waals surface area contributed by atoms with Crippen LogP contribution in [0.5, 0.6) is 5.75 Å². The Morgan fingerprint density at radius 3 is 2.85 bits per heavy atom. The lowest BCUT2D eigenvalue weighted by molar-refractivity contribution is -0.129. The normalized spacial score (nSPS) is 17.1. The number of hydrogen-bond donors (Lipinski definition) is 1. The molecule has 27 heavy (non-hydrogen) atoms. The number of methoxy groups -OCH3 is 1. The Balaban J connectivity index is 1.59. The number of fused-ring (bicyclic) bond motifs is 1. The zero-order chi connectivity index (χ0) is 18.8. The van der Waals surface area contributed by atoms with Crippen LogP contribution < -0.4 is 10.1 Å². The van der Waals surface area contributed by atoms with Gasteiger partial charge < -0.3 is 15.0 Å². The number of likely N-dealkylation sites (tertiary alicyclic amines) is 1. The molecule has 9 heteroatoms. The average molecular weight is 367 g/mol. The molecule has 9 nitrogen and oxygen atoms in total. The molecule has 0 saturated carbocycles. The second-order valence-corrected chi connectivity index (χ2v) is 6.55. The zero-order valence-corrected chi connectivity index (χ0v) is 15.3. The van der Waals surface area contributed by atoms with Crippen LogP contribution in [0.25, 0.3) is 16.9 Å². The van der Waals surface area contributed by atoms with Gasteiger partial charge in [0.2, 0.25) is 11.9 Å². The van der Waals surface area contributed by atoms with Crippen LogP contribution in [-0.2, 0) is 4.79 Å². The van der Waals surface area contributed by atoms with Crippen molar-refractivity contribution in [2.24, 2.45) is 0 Å². The minimum Gasteiger partial charge on any atom is -0.497 e. The average Bonchev–Trinajstić information content (AvgIpc) is 3.11. The summed E-state index contributed by atoms with van der Waals surface area (Å²) in [5.74, 6) is 1.38. The fourth-order valence-electron chi connectivity index (χ4n) is 3.26. The SMILES string of the molecule is COc1ccc(-n2nnc3cnc(NC4CCCN(C(C)=O)C4)nc32)cc1. The molecule has 1 aliphatic heterocycles. The summed E-state index contributed by atoms with van der Waals surface area (Å²) in [6, 6.07) is 7.65. The van der Waals surface area contributed by atoms with E-state index in [0.29, 0.717) is 23.7 Å². The van der Waals surface area contributed by atoms with Crippen LogP contribution >= 0.6 is 0 Å². The lowest BCUT2D eigenvalue weighted by Crippen LogP contribution is -2.44. The number of amides is 1. The van der Waals surface area contributed by atoms with Crippen LogP contribution in [-0.4, -0.2) is 62.0 Å². The van der Waals surface area contributed by atoms with Crippen molar-refractivity contribution in [1.82, 2.24) is 29.9 Å². The van der Waals surface area contributed by atoms with Crippen LogP contribution in [0.15, 0.2) is 30.5 Å². The largest absolute Gasteiger partial charge is 0.497 e. The Kier molecular flexibility index (Phi) is 4.57. The van der Waals surface area contributed by atoms with Gasteiger partial charge in [-0.3, -0.25) is 4.79 Å². The van der Waals surface area contributed by atoms with E-state index in [-0.39, 0.29) is 11.9 Å². The van der Waals surface area contributed by atoms with E-state index in [1.807, 2.05) is 29.2 Å². The number of nitrogens with zero attached hydrogens (tertiary/aromatic N) is 6. The molecule has 1 N–H and O–H groups in total. The molecule has 1 aliphatic rings. The lowest BCUT2D eigenvalue weighted by atomic mass is 10.1. The molecule has 0 spiro atoms. The molecule has 0 aliphatic carbocycles. The number of anilines is 1. The molecule has 1 atom stereocenters. The van der Waals surface area contributed by atoms with E-state index >= 15 is 0 Å². The summed E-state index contributed by atoms with van der Waals surface area (Å²) in [5, 5.41) is 11.7. The van der Waals surface area contributed by atoms with Gasteiger partial charge in [-0.05, 0) is 37.1 Å². The molecule has 1 saturated heterocycles. The van der Waals surface area contributed by atoms with Crippen molar-refractivity contribution in [3.8, 4) is 11.4 Å². The van der Waals surface area contributed by atoms with Gasteiger partial charge in [0, 0.05) is 26.1 Å². The Hall–Kier alpha value is -3.23. The zero-order valence-electron chi connectivity index (χ0n) is 15.3. The summed E-state index contributed by atoms with van der Waals surface area (Å²) in [4.78, 5) is 22.4. The molecule has 1 aromatic carbocycles. The van der Waals surface area contributed by atoms with Crippen LogP contribution in [0.1, 0.15) is 19.8 Å². The highest BCUT2D eigenvalue weighted by Gasteiger charge is 2.22. The molecule has 4 rings (SSSR count). The van der Waals surface area contributed by atoms with E-state index in [2.05, 4.69) is 25.6 Å². The second-order valence-electron chi connectivity index (χ2n) is 6.55. The van der Waals surface area contributed by atoms with Crippen molar-refractivity contribution >= 4 is 23.0 Å². The van der Waals surface area contributed by atoms with Crippen molar-refractivity contribution < 1.29 is 9.53 Å². The van der Waals surface area contributed by atoms with E-state index < -0.39 is 0 Å². The highest BCUT2D eigenvalue weighted by atomic mass is 16.5. The summed E-state index contributed by atoms with van der Waals surface area (Å²) in [6.07, 6.45) is 3.59. The fourth-order valence-corrected chi connectivity index (χ4v) is 3.26. The number of carbonyl (C=O) groups is 1. The molecule has 1 fully saturated rings. The Bertz CT molecular complexity index is 954. The van der Waals surface area contributed by atoms with E-state index in [1.165, 1.54) is 0 Å². The number of ether oxygens (including phenoxy) is 1. The van der Waals surface area contributed by atoms with E-state index in [1.54, 1.807) is 24.9 Å². The molecule has 1 unspecified atom stereocenters. The number of piperidine rings is 1. The van der Waals surface area contributed by atoms with Crippen molar-refractivity contribution in [2.45, 2.75) is 25.8 Å². The van der Waals surface area contributed by atoms with E-state index in [9.17, 15) is 4.79 Å². The molecule has 0 radical (unpaired) electrons. The van der Waals surface area contributed by atoms with Gasteiger partial charge in [0.1, 0.15) is 5.75 Å². The molecule has 3 heterocycles. The minimum atomic E-state index is 0.0969. The molecule has 2 aromatic heterocycles. The topological polar surface area (TPSA) is 98.1 Å². The number of rotatable bonds is 4. The summed E-state index contributed by atoms with van der Waals surface area (Å²) in [7, 11) is 1.63. The number of aromatic nitrogens is 5. The third-order valence-corrected chi connectivity index (χ3v) is 4.71. The Labute approximate surface area is 156 Å². The van der Waals surface area contributed by atoms with Gasteiger partial charge in [-0.25, -0.2) is 4.98 Å². The summed E-state index contributed by atoms with van der Waals surface area (Å²) < 4.78 is 6.87. The number of benzene rings is 1. The fraction of sp³-hybridized carbons (Fsp3) is 0.389. The summed E-state index contributed by atoms with van der Waals surface area (Å²) in [6.45, 7) is 3.07. The Morgan fingerprint density at radius 2 is 2.11 bits per heavy atom. The van der Waals surface area contributed by atoms with Crippen LogP contribution in [0.2, 0.25) is 0 Å². The minimum absolute atomic E-state index is 0.0969. The standard InChI is InChI=1S/C18H21N7O2/c1-12(26)24-9-3-4-13(11-24)20-18-19-10-16-17(21-18)25(23-22-16)14-5-7-15(27-2)8-6-14/h5-8,10,13H,3-4,9,11H2,1-2H3,(H,19,20,21). The highest BCUT2D eigenvalue weighted by Crippen LogP contribution is 2.19. The van der Waals surface area contributed by atoms with Gasteiger partial charge >= 0.3 is 0 Å². The molecule has 0 bridgehead atoms. The van der Waals surface area contributed by atoms with Crippen LogP contribution in [0, 0.1) is 0 Å². The van der Waals surface area contributed by atoms with Crippen molar-refractivity contribution in [3.05, 3.63) is 30.5 Å². The predicted octanol–water partition coefficient (Wildman–Crippen LogP) is 1.64. The van der Waals surface area contributed by atoms with Crippen molar-refractivity contribution in [2.75, 3.05) is 25.5 Å². The highest BCUT2D eigenvalue weighted by molar-refractivity contribution is 5.73. The maximum absolute atomic E-state index is 11.6. The maximum Gasteiger partial charge on any atom is 0.225 e. The van der Waals surface area contributed by atoms with Gasteiger partial charge in [0.15, 0.2) is 11.2 Å². The predicted molar refractivity (Wildman–Crippen MR) is 99.9 cm³/mol. The number of carbonyl (C=O) groups excluding carboxylic acids is 1. The summed E-state index contributed by atoms with van der Waals surface area (Å²) in [5.41, 5.74) is 2.07. The van der Waals surface area contributed by atoms with Crippen LogP contribution in [0.4, 0.5) is 5.95 Å². The molecular weight excluding hydrogens is 346 g/mol. The number of nitrogens with one attached hydrogen (secondary N) is 1. The molecule has 140 valence electrons. The quantitative estimate of drug-likeness (QED) is 0.748. The van der Waals surface area contributed by atoms with Gasteiger partial charge in [-0.2, -0.15) is 9.67 Å². The van der Waals surface area contributed by atoms with Gasteiger partial charge in [-0.1, -0.05) is 5.21 Å². The first-order valence-electron chi connectivity index (χ1n) is 8.89. The maximum atomic E-state index is 11.6. The van der Waals surface area contributed by atoms with Gasteiger partial charge in [-0.15, -0.1) is 5.10 Å². The second kappa shape index (κ2) is 7.18.